The zero-order valence-electron chi connectivity index (χ0n) is 49.6. The molecular weight excluding hydrogens is 1070 g/mol. The van der Waals surface area contributed by atoms with E-state index in [1.54, 1.807) is 25.1 Å². The predicted molar refractivity (Wildman–Crippen MR) is 306 cm³/mol. The number of alkyl halides is 3. The third kappa shape index (κ3) is 12.9. The molecule has 1 spiro atoms. The summed E-state index contributed by atoms with van der Waals surface area (Å²) in [4.78, 5) is 89.3. The van der Waals surface area contributed by atoms with Gasteiger partial charge in [0.15, 0.2) is 0 Å². The van der Waals surface area contributed by atoms with Crippen molar-refractivity contribution in [1.29, 1.82) is 0 Å². The Morgan fingerprint density at radius 1 is 0.904 bits per heavy atom. The van der Waals surface area contributed by atoms with E-state index in [-0.39, 0.29) is 74.7 Å². The average molecular weight is 1160 g/mol. The number of carbonyl (C=O) groups excluding carboxylic acids is 5. The number of anilines is 2. The molecule has 1 aliphatic carbocycles. The van der Waals surface area contributed by atoms with Crippen LogP contribution in [0.25, 0.3) is 22.2 Å². The normalized spacial score (nSPS) is 26.7. The summed E-state index contributed by atoms with van der Waals surface area (Å²) in [6.07, 6.45) is 0.392. The summed E-state index contributed by atoms with van der Waals surface area (Å²) in [5.41, 5.74) is 6.27. The Balaban J connectivity index is 0.894. The van der Waals surface area contributed by atoms with Gasteiger partial charge in [-0.25, -0.2) is 5.43 Å². The predicted octanol–water partition coefficient (Wildman–Crippen LogP) is 4.08. The highest BCUT2D eigenvalue weighted by molar-refractivity contribution is 5.95. The van der Waals surface area contributed by atoms with Crippen molar-refractivity contribution >= 4 is 51.9 Å². The Bertz CT molecular complexity index is 2930. The molecule has 6 saturated heterocycles. The maximum atomic E-state index is 15.2. The molecule has 3 aromatic rings. The second-order valence-corrected chi connectivity index (χ2v) is 26.4. The number of morpholine rings is 2. The van der Waals surface area contributed by atoms with Crippen molar-refractivity contribution < 1.29 is 51.4 Å². The van der Waals surface area contributed by atoms with Crippen LogP contribution in [0.3, 0.4) is 0 Å². The summed E-state index contributed by atoms with van der Waals surface area (Å²) in [7, 11) is 3.38. The minimum absolute atomic E-state index is 0.0398. The highest BCUT2D eigenvalue weighted by atomic mass is 19.4. The second-order valence-electron chi connectivity index (χ2n) is 26.4. The number of rotatable bonds is 12. The molecule has 454 valence electrons. The summed E-state index contributed by atoms with van der Waals surface area (Å²) in [5.74, 6) is -1.74. The topological polar surface area (TPSA) is 181 Å². The summed E-state index contributed by atoms with van der Waals surface area (Å²) in [5, 5.41) is 5.26. The molecule has 1 aromatic carbocycles. The molecule has 2 aromatic heterocycles. The van der Waals surface area contributed by atoms with Crippen LogP contribution < -0.4 is 20.5 Å². The van der Waals surface area contributed by atoms with Crippen LogP contribution in [0.1, 0.15) is 90.8 Å². The highest BCUT2D eigenvalue weighted by Gasteiger charge is 2.55. The van der Waals surface area contributed by atoms with Crippen molar-refractivity contribution in [1.82, 2.24) is 49.8 Å². The quantitative estimate of drug-likeness (QED) is 0.196. The SMILES string of the molecule is CC(C)c1ncc(N2CCN(C3CC3)CC2)cc1-c1c2c3cc(ccc3n1CC(F)(F)F)N1CCO[C@@H](C[C@H](NC(=O)[C@H](C(C)C)N3CCOC4(CN(C(=O)[C@H]5CN5CC(=O)N(C)C)C4)C3)C(=O)N3CCC[C@H](N3)C(=O)OCC(C)(C)C2)C1. The first-order chi connectivity index (χ1) is 39.4. The van der Waals surface area contributed by atoms with Crippen molar-refractivity contribution in [3.63, 3.8) is 0 Å². The number of nitrogens with one attached hydrogen (secondary N) is 2. The molecular formula is C60H85F3N12O8. The molecule has 7 fully saturated rings. The van der Waals surface area contributed by atoms with E-state index in [4.69, 9.17) is 19.2 Å². The highest BCUT2D eigenvalue weighted by Crippen LogP contribution is 2.45. The third-order valence-electron chi connectivity index (χ3n) is 18.2. The molecule has 9 heterocycles. The standard InChI is InChI=1S/C60H85F3N12O8/c1-37(2)51-44(25-41(28-64-51)69-18-16-68(17-19-69)39-11-12-39)53-45-27-58(5,6)36-82-57(80)46-10-9-15-75(66-46)55(78)47(26-42-29-70(20-22-81-42)40-13-14-48(43(45)24-40)74(53)35-60(61,62)63)65-54(77)52(38(3)4)71-21-23-83-59(32-71)33-73(34-59)56(79)49-30-72(49)31-50(76)67(7)8/h13-14,24-25,28,37-39,42,46-47,49,52,66H,9-12,15-23,26-27,29-36H2,1-8H3,(H,65,77)/t42-,46-,47-,49+,52-,72?/m0/s1. The van der Waals surface area contributed by atoms with Crippen LogP contribution in [0.15, 0.2) is 30.5 Å². The van der Waals surface area contributed by atoms with Crippen molar-refractivity contribution in [2.75, 3.05) is 129 Å². The van der Waals surface area contributed by atoms with Gasteiger partial charge < -0.3 is 43.7 Å². The van der Waals surface area contributed by atoms with Gasteiger partial charge >= 0.3 is 12.1 Å². The zero-order valence-corrected chi connectivity index (χ0v) is 49.6. The van der Waals surface area contributed by atoms with E-state index in [1.165, 1.54) is 27.3 Å². The summed E-state index contributed by atoms with van der Waals surface area (Å²) in [6.45, 7) is 18.0. The van der Waals surface area contributed by atoms with Gasteiger partial charge in [0.25, 0.3) is 5.91 Å². The number of likely N-dealkylation sites (N-methyl/N-ethyl adjacent to an activating group) is 1. The van der Waals surface area contributed by atoms with Gasteiger partial charge in [0.2, 0.25) is 17.7 Å². The number of amides is 4. The molecule has 6 bridgehead atoms. The minimum Gasteiger partial charge on any atom is -0.464 e. The average Bonchev–Trinajstić information content (AvgIpc) is 3.78. The number of fused-ring (bicyclic) bond motifs is 6. The molecule has 7 aliphatic heterocycles. The molecule has 1 saturated carbocycles. The lowest BCUT2D eigenvalue weighted by molar-refractivity contribution is -0.197. The number of ether oxygens (including phenoxy) is 3. The molecule has 6 atom stereocenters. The van der Waals surface area contributed by atoms with Crippen molar-refractivity contribution in [2.45, 2.75) is 141 Å². The van der Waals surface area contributed by atoms with Crippen LogP contribution in [-0.2, 0) is 51.1 Å². The summed E-state index contributed by atoms with van der Waals surface area (Å²) >= 11 is 0. The minimum atomic E-state index is -4.58. The fourth-order valence-electron chi connectivity index (χ4n) is 13.7. The van der Waals surface area contributed by atoms with E-state index >= 15 is 18.0 Å². The van der Waals surface area contributed by atoms with Crippen LogP contribution in [0.2, 0.25) is 0 Å². The van der Waals surface area contributed by atoms with Crippen LogP contribution in [-0.4, -0.2) is 236 Å². The van der Waals surface area contributed by atoms with Gasteiger partial charge in [0.05, 0.1) is 74.9 Å². The lowest BCUT2D eigenvalue weighted by atomic mass is 9.84. The van der Waals surface area contributed by atoms with Gasteiger partial charge in [-0.2, -0.15) is 13.2 Å². The molecule has 23 heteroatoms. The van der Waals surface area contributed by atoms with Gasteiger partial charge in [-0.3, -0.25) is 48.7 Å². The number of likely N-dealkylation sites (tertiary alicyclic amines) is 1. The first kappa shape index (κ1) is 59.2. The first-order valence-electron chi connectivity index (χ1n) is 30.2. The number of aromatic nitrogens is 2. The third-order valence-corrected chi connectivity index (χ3v) is 18.2. The van der Waals surface area contributed by atoms with Gasteiger partial charge in [0, 0.05) is 120 Å². The van der Waals surface area contributed by atoms with Crippen LogP contribution in [0.5, 0.6) is 0 Å². The van der Waals surface area contributed by atoms with Crippen molar-refractivity contribution in [2.24, 2.45) is 11.3 Å². The van der Waals surface area contributed by atoms with E-state index < -0.39 is 59.8 Å². The lowest BCUT2D eigenvalue weighted by Crippen LogP contribution is -2.73. The summed E-state index contributed by atoms with van der Waals surface area (Å²) < 4.78 is 66.0. The number of hydrazine groups is 1. The van der Waals surface area contributed by atoms with Gasteiger partial charge in [0.1, 0.15) is 30.3 Å². The number of carbonyl (C=O) groups is 5. The zero-order chi connectivity index (χ0) is 58.9. The number of cyclic esters (lactones) is 1. The molecule has 83 heavy (non-hydrogen) atoms. The number of nitrogens with zero attached hydrogens (tertiary/aromatic N) is 10. The second kappa shape index (κ2) is 23.4. The van der Waals surface area contributed by atoms with E-state index in [2.05, 4.69) is 30.3 Å². The number of esters is 1. The van der Waals surface area contributed by atoms with E-state index in [1.807, 2.05) is 70.8 Å². The fraction of sp³-hybridized carbons (Fsp3) is 0.700. The maximum Gasteiger partial charge on any atom is 0.406 e. The molecule has 11 rings (SSSR count). The molecule has 20 nitrogen and oxygen atoms in total. The Morgan fingerprint density at radius 3 is 2.36 bits per heavy atom. The molecule has 4 amide bonds. The van der Waals surface area contributed by atoms with E-state index in [9.17, 15) is 19.2 Å². The number of pyridine rings is 1. The van der Waals surface area contributed by atoms with Gasteiger partial charge in [-0.05, 0) is 73.8 Å². The molecule has 8 aliphatic rings. The van der Waals surface area contributed by atoms with E-state index in [0.29, 0.717) is 105 Å². The lowest BCUT2D eigenvalue weighted by Gasteiger charge is -2.55. The van der Waals surface area contributed by atoms with E-state index in [0.717, 1.165) is 37.6 Å². The van der Waals surface area contributed by atoms with Gasteiger partial charge in [-0.15, -0.1) is 0 Å². The number of halogens is 3. The van der Waals surface area contributed by atoms with Crippen LogP contribution in [0, 0.1) is 11.3 Å². The first-order valence-corrected chi connectivity index (χ1v) is 30.2. The van der Waals surface area contributed by atoms with Gasteiger partial charge in [-0.1, -0.05) is 41.5 Å². The number of hydrogen-bond acceptors (Lipinski definition) is 15. The summed E-state index contributed by atoms with van der Waals surface area (Å²) in [6, 6.07) is 5.33. The van der Waals surface area contributed by atoms with Crippen molar-refractivity contribution in [3.8, 4) is 11.3 Å². The number of benzene rings is 1. The fourth-order valence-corrected chi connectivity index (χ4v) is 13.7. The smallest absolute Gasteiger partial charge is 0.406 e. The largest absolute Gasteiger partial charge is 0.464 e. The number of hydrogen-bond donors (Lipinski definition) is 2. The maximum absolute atomic E-state index is 15.2. The van der Waals surface area contributed by atoms with Crippen molar-refractivity contribution in [3.05, 3.63) is 41.7 Å². The Kier molecular flexibility index (Phi) is 16.6. The molecule has 1 unspecified atom stereocenters. The molecule has 0 radical (unpaired) electrons. The number of piperazine rings is 1. The van der Waals surface area contributed by atoms with Crippen LogP contribution >= 0.6 is 0 Å². The van der Waals surface area contributed by atoms with Crippen LogP contribution in [0.4, 0.5) is 24.5 Å². The Labute approximate surface area is 485 Å². The Hall–Kier alpha value is -5.59. The molecule has 2 N–H and O–H groups in total. The Morgan fingerprint density at radius 2 is 1.66 bits per heavy atom. The monoisotopic (exact) mass is 1160 g/mol.